The van der Waals surface area contributed by atoms with Crippen LogP contribution in [0, 0.1) is 0 Å². The number of rotatable bonds is 6. The lowest BCUT2D eigenvalue weighted by Crippen LogP contribution is -2.25. The Hall–Kier alpha value is -2.08. The van der Waals surface area contributed by atoms with E-state index in [1.165, 1.54) is 14.0 Å². The number of halogens is 1. The van der Waals surface area contributed by atoms with Crippen molar-refractivity contribution in [2.45, 2.75) is 13.8 Å². The van der Waals surface area contributed by atoms with Crippen molar-refractivity contribution in [3.05, 3.63) is 23.2 Å². The van der Waals surface area contributed by atoms with Crippen molar-refractivity contribution in [3.63, 3.8) is 0 Å². The van der Waals surface area contributed by atoms with Gasteiger partial charge >= 0.3 is 5.97 Å². The summed E-state index contributed by atoms with van der Waals surface area (Å²) in [5.74, 6) is -0.728. The number of anilines is 1. The molecular formula is C13H15ClN2O4. The average molecular weight is 299 g/mol. The SMILES string of the molecule is CCOC(=O)/C(=N/Nc1cc(OC)ccc1Cl)C(C)=O. The molecule has 0 saturated heterocycles. The molecule has 0 saturated carbocycles. The van der Waals surface area contributed by atoms with Crippen LogP contribution in [-0.2, 0) is 14.3 Å². The highest BCUT2D eigenvalue weighted by Crippen LogP contribution is 2.26. The molecule has 0 aliphatic rings. The van der Waals surface area contributed by atoms with Gasteiger partial charge in [-0.1, -0.05) is 11.6 Å². The Morgan fingerprint density at radius 3 is 2.65 bits per heavy atom. The van der Waals surface area contributed by atoms with Gasteiger partial charge in [0.15, 0.2) is 5.78 Å². The Kier molecular flexibility index (Phi) is 5.99. The molecule has 1 aromatic rings. The highest BCUT2D eigenvalue weighted by Gasteiger charge is 2.18. The Balaban J connectivity index is 2.98. The summed E-state index contributed by atoms with van der Waals surface area (Å²) in [6, 6.07) is 4.87. The fourth-order valence-electron chi connectivity index (χ4n) is 1.30. The molecule has 0 unspecified atom stereocenters. The van der Waals surface area contributed by atoms with Crippen LogP contribution in [-0.4, -0.2) is 31.2 Å². The van der Waals surface area contributed by atoms with Crippen molar-refractivity contribution in [1.82, 2.24) is 0 Å². The molecule has 0 fully saturated rings. The van der Waals surface area contributed by atoms with Crippen molar-refractivity contribution in [1.29, 1.82) is 0 Å². The normalized spacial score (nSPS) is 10.9. The van der Waals surface area contributed by atoms with Crippen LogP contribution in [0.25, 0.3) is 0 Å². The number of hydrogen-bond donors (Lipinski definition) is 1. The first kappa shape index (κ1) is 16.0. The molecule has 1 aromatic carbocycles. The summed E-state index contributed by atoms with van der Waals surface area (Å²) in [7, 11) is 1.51. The lowest BCUT2D eigenvalue weighted by molar-refractivity contribution is -0.135. The Morgan fingerprint density at radius 2 is 2.10 bits per heavy atom. The fraction of sp³-hybridized carbons (Fsp3) is 0.308. The minimum Gasteiger partial charge on any atom is -0.497 e. The molecule has 1 N–H and O–H groups in total. The molecule has 0 aliphatic carbocycles. The second kappa shape index (κ2) is 7.49. The number of hydrogen-bond acceptors (Lipinski definition) is 6. The van der Waals surface area contributed by atoms with E-state index in [0.29, 0.717) is 16.5 Å². The third-order valence-electron chi connectivity index (χ3n) is 2.26. The molecule has 6 nitrogen and oxygen atoms in total. The van der Waals surface area contributed by atoms with Crippen LogP contribution < -0.4 is 10.2 Å². The number of ketones is 1. The van der Waals surface area contributed by atoms with E-state index in [2.05, 4.69) is 10.5 Å². The van der Waals surface area contributed by atoms with Crippen LogP contribution in [0.2, 0.25) is 5.02 Å². The van der Waals surface area contributed by atoms with Crippen LogP contribution in [0.4, 0.5) is 5.69 Å². The van der Waals surface area contributed by atoms with Crippen molar-refractivity contribution in [3.8, 4) is 5.75 Å². The number of hydrazone groups is 1. The van der Waals surface area contributed by atoms with Gasteiger partial charge in [0, 0.05) is 13.0 Å². The van der Waals surface area contributed by atoms with E-state index < -0.39 is 11.8 Å². The number of carbonyl (C=O) groups excluding carboxylic acids is 2. The predicted molar refractivity (Wildman–Crippen MR) is 76.4 cm³/mol. The monoisotopic (exact) mass is 298 g/mol. The summed E-state index contributed by atoms with van der Waals surface area (Å²) in [4.78, 5) is 22.9. The predicted octanol–water partition coefficient (Wildman–Crippen LogP) is 2.27. The lowest BCUT2D eigenvalue weighted by Gasteiger charge is -2.07. The van der Waals surface area contributed by atoms with Gasteiger partial charge in [0.05, 0.1) is 24.4 Å². The first-order valence-corrected chi connectivity index (χ1v) is 6.22. The zero-order valence-electron chi connectivity index (χ0n) is 11.4. The number of nitrogens with one attached hydrogen (secondary N) is 1. The lowest BCUT2D eigenvalue weighted by atomic mass is 10.3. The van der Waals surface area contributed by atoms with Crippen molar-refractivity contribution in [2.24, 2.45) is 5.10 Å². The molecule has 0 amide bonds. The number of benzene rings is 1. The van der Waals surface area contributed by atoms with Gasteiger partial charge in [-0.3, -0.25) is 10.2 Å². The van der Waals surface area contributed by atoms with Gasteiger partial charge in [0.1, 0.15) is 5.75 Å². The molecule has 20 heavy (non-hydrogen) atoms. The molecule has 0 aliphatic heterocycles. The Morgan fingerprint density at radius 1 is 1.40 bits per heavy atom. The molecule has 108 valence electrons. The van der Waals surface area contributed by atoms with E-state index in [4.69, 9.17) is 21.1 Å². The van der Waals surface area contributed by atoms with Crippen molar-refractivity contribution < 1.29 is 19.1 Å². The number of carbonyl (C=O) groups is 2. The number of Topliss-reactive ketones (excluding diaryl/α,β-unsaturated/α-hetero) is 1. The van der Waals surface area contributed by atoms with Gasteiger partial charge in [-0.05, 0) is 19.1 Å². The number of esters is 1. The second-order valence-corrected chi connectivity index (χ2v) is 4.10. The Labute approximate surface area is 121 Å². The number of nitrogens with zero attached hydrogens (tertiary/aromatic N) is 1. The van der Waals surface area contributed by atoms with Gasteiger partial charge in [-0.2, -0.15) is 5.10 Å². The summed E-state index contributed by atoms with van der Waals surface area (Å²) in [5.41, 5.74) is 2.65. The van der Waals surface area contributed by atoms with Gasteiger partial charge in [-0.25, -0.2) is 4.79 Å². The standard InChI is InChI=1S/C13H15ClN2O4/c1-4-20-13(18)12(8(2)17)16-15-11-7-9(19-3)5-6-10(11)14/h5-7,15H,4H2,1-3H3/b16-12+. The van der Waals surface area contributed by atoms with E-state index in [0.717, 1.165) is 0 Å². The molecule has 0 atom stereocenters. The first-order valence-electron chi connectivity index (χ1n) is 5.84. The maximum absolute atomic E-state index is 11.5. The highest BCUT2D eigenvalue weighted by atomic mass is 35.5. The molecule has 7 heteroatoms. The number of methoxy groups -OCH3 is 1. The molecule has 0 spiro atoms. The zero-order chi connectivity index (χ0) is 15.1. The van der Waals surface area contributed by atoms with Crippen molar-refractivity contribution in [2.75, 3.05) is 19.1 Å². The average Bonchev–Trinajstić information content (AvgIpc) is 2.41. The fourth-order valence-corrected chi connectivity index (χ4v) is 1.46. The van der Waals surface area contributed by atoms with E-state index in [1.807, 2.05) is 0 Å². The summed E-state index contributed by atoms with van der Waals surface area (Å²) in [6.07, 6.45) is 0. The molecule has 0 radical (unpaired) electrons. The minimum atomic E-state index is -0.786. The maximum Gasteiger partial charge on any atom is 0.362 e. The summed E-state index contributed by atoms with van der Waals surface area (Å²) >= 11 is 5.97. The molecular weight excluding hydrogens is 284 g/mol. The topological polar surface area (TPSA) is 77.0 Å². The van der Waals surface area contributed by atoms with Crippen LogP contribution in [0.5, 0.6) is 5.75 Å². The molecule has 0 heterocycles. The third kappa shape index (κ3) is 4.24. The van der Waals surface area contributed by atoms with Crippen LogP contribution >= 0.6 is 11.6 Å². The summed E-state index contributed by atoms with van der Waals surface area (Å²) in [6.45, 7) is 3.03. The first-order chi connectivity index (χ1) is 9.49. The van der Waals surface area contributed by atoms with Crippen LogP contribution in [0.3, 0.4) is 0 Å². The summed E-state index contributed by atoms with van der Waals surface area (Å²) < 4.78 is 9.79. The minimum absolute atomic E-state index is 0.158. The van der Waals surface area contributed by atoms with Crippen LogP contribution in [0.15, 0.2) is 23.3 Å². The van der Waals surface area contributed by atoms with Crippen LogP contribution in [0.1, 0.15) is 13.8 Å². The molecule has 1 rings (SSSR count). The Bertz CT molecular complexity index is 543. The number of ether oxygens (including phenoxy) is 2. The maximum atomic E-state index is 11.5. The molecule has 0 bridgehead atoms. The second-order valence-electron chi connectivity index (χ2n) is 3.69. The quantitative estimate of drug-likeness (QED) is 0.377. The van der Waals surface area contributed by atoms with E-state index in [9.17, 15) is 9.59 Å². The van der Waals surface area contributed by atoms with Gasteiger partial charge in [0.25, 0.3) is 0 Å². The van der Waals surface area contributed by atoms with E-state index >= 15 is 0 Å². The third-order valence-corrected chi connectivity index (χ3v) is 2.59. The summed E-state index contributed by atoms with van der Waals surface area (Å²) in [5, 5.41) is 4.13. The zero-order valence-corrected chi connectivity index (χ0v) is 12.2. The molecule has 0 aromatic heterocycles. The van der Waals surface area contributed by atoms with Gasteiger partial charge < -0.3 is 9.47 Å². The van der Waals surface area contributed by atoms with Gasteiger partial charge in [-0.15, -0.1) is 0 Å². The highest BCUT2D eigenvalue weighted by molar-refractivity contribution is 6.64. The largest absolute Gasteiger partial charge is 0.497 e. The van der Waals surface area contributed by atoms with E-state index in [1.54, 1.807) is 25.1 Å². The van der Waals surface area contributed by atoms with Gasteiger partial charge in [0.2, 0.25) is 5.71 Å². The van der Waals surface area contributed by atoms with Crippen molar-refractivity contribution >= 4 is 34.8 Å². The van der Waals surface area contributed by atoms with E-state index in [-0.39, 0.29) is 12.3 Å². The smallest absolute Gasteiger partial charge is 0.362 e.